The third-order valence-corrected chi connectivity index (χ3v) is 2.41. The Balaban J connectivity index is 2.31. The van der Waals surface area contributed by atoms with Crippen LogP contribution in [0.25, 0.3) is 0 Å². The predicted octanol–water partition coefficient (Wildman–Crippen LogP) is 2.55. The van der Waals surface area contributed by atoms with Gasteiger partial charge in [0.05, 0.1) is 0 Å². The number of rotatable bonds is 2. The summed E-state index contributed by atoms with van der Waals surface area (Å²) in [5.74, 6) is 0.915. The molecule has 1 saturated carbocycles. The highest BCUT2D eigenvalue weighted by atomic mass is 16.1. The molecule has 0 radical (unpaired) electrons. The maximum Gasteiger partial charge on any atom is 0.135 e. The van der Waals surface area contributed by atoms with E-state index in [1.54, 1.807) is 0 Å². The van der Waals surface area contributed by atoms with Crippen LogP contribution in [0.15, 0.2) is 0 Å². The second-order valence-electron chi connectivity index (χ2n) is 3.15. The van der Waals surface area contributed by atoms with Crippen molar-refractivity contribution < 1.29 is 4.79 Å². The van der Waals surface area contributed by atoms with E-state index in [0.717, 1.165) is 19.3 Å². The van der Waals surface area contributed by atoms with E-state index in [-0.39, 0.29) is 0 Å². The van der Waals surface area contributed by atoms with Crippen LogP contribution in [0.2, 0.25) is 0 Å². The predicted molar refractivity (Wildman–Crippen MR) is 41.9 cm³/mol. The van der Waals surface area contributed by atoms with Crippen LogP contribution in [-0.4, -0.2) is 5.78 Å². The molecule has 0 amide bonds. The highest BCUT2D eigenvalue weighted by molar-refractivity contribution is 5.80. The summed E-state index contributed by atoms with van der Waals surface area (Å²) in [6, 6.07) is 0. The molecule has 0 atom stereocenters. The Kier molecular flexibility index (Phi) is 2.91. The van der Waals surface area contributed by atoms with Gasteiger partial charge in [-0.2, -0.15) is 0 Å². The minimum atomic E-state index is 0.429. The summed E-state index contributed by atoms with van der Waals surface area (Å²) >= 11 is 0. The fourth-order valence-electron chi connectivity index (χ4n) is 1.71. The Labute approximate surface area is 62.8 Å². The van der Waals surface area contributed by atoms with E-state index in [1.807, 2.05) is 6.92 Å². The molecule has 58 valence electrons. The van der Waals surface area contributed by atoms with Crippen LogP contribution in [-0.2, 0) is 4.79 Å². The zero-order valence-electron chi connectivity index (χ0n) is 6.73. The van der Waals surface area contributed by atoms with Crippen molar-refractivity contribution in [1.82, 2.24) is 0 Å². The molecule has 0 spiro atoms. The van der Waals surface area contributed by atoms with Crippen molar-refractivity contribution in [2.24, 2.45) is 5.92 Å². The third-order valence-electron chi connectivity index (χ3n) is 2.41. The average Bonchev–Trinajstić information content (AvgIpc) is 2.05. The Hall–Kier alpha value is -0.330. The first-order valence-electron chi connectivity index (χ1n) is 4.37. The van der Waals surface area contributed by atoms with Gasteiger partial charge in [0.1, 0.15) is 5.78 Å². The molecule has 10 heavy (non-hydrogen) atoms. The molecule has 0 aromatic carbocycles. The van der Waals surface area contributed by atoms with Gasteiger partial charge in [0.25, 0.3) is 0 Å². The van der Waals surface area contributed by atoms with Crippen LogP contribution in [0.5, 0.6) is 0 Å². The molecule has 0 aromatic heterocycles. The molecular weight excluding hydrogens is 124 g/mol. The van der Waals surface area contributed by atoms with Crippen LogP contribution in [0, 0.1) is 5.92 Å². The molecule has 1 heteroatoms. The normalized spacial score (nSPS) is 20.9. The molecule has 0 N–H and O–H groups in total. The van der Waals surface area contributed by atoms with Crippen molar-refractivity contribution in [2.75, 3.05) is 0 Å². The fraction of sp³-hybridized carbons (Fsp3) is 0.889. The minimum Gasteiger partial charge on any atom is -0.299 e. The van der Waals surface area contributed by atoms with Gasteiger partial charge in [-0.25, -0.2) is 0 Å². The Morgan fingerprint density at radius 2 is 1.90 bits per heavy atom. The van der Waals surface area contributed by atoms with Gasteiger partial charge >= 0.3 is 0 Å². The highest BCUT2D eigenvalue weighted by Crippen LogP contribution is 2.24. The van der Waals surface area contributed by atoms with Gasteiger partial charge in [-0.05, 0) is 12.8 Å². The molecule has 0 saturated heterocycles. The van der Waals surface area contributed by atoms with E-state index in [9.17, 15) is 4.79 Å². The molecule has 0 aromatic rings. The summed E-state index contributed by atoms with van der Waals surface area (Å²) < 4.78 is 0. The lowest BCUT2D eigenvalue weighted by Crippen LogP contribution is -2.16. The average molecular weight is 140 g/mol. The molecule has 1 aliphatic carbocycles. The zero-order chi connectivity index (χ0) is 7.40. The van der Waals surface area contributed by atoms with E-state index in [4.69, 9.17) is 0 Å². The second kappa shape index (κ2) is 3.75. The highest BCUT2D eigenvalue weighted by Gasteiger charge is 2.18. The largest absolute Gasteiger partial charge is 0.299 e. The lowest BCUT2D eigenvalue weighted by molar-refractivity contribution is -0.123. The molecule has 0 heterocycles. The van der Waals surface area contributed by atoms with Crippen molar-refractivity contribution in [3.8, 4) is 0 Å². The van der Waals surface area contributed by atoms with Gasteiger partial charge in [0, 0.05) is 12.3 Å². The lowest BCUT2D eigenvalue weighted by atomic mass is 9.85. The van der Waals surface area contributed by atoms with E-state index in [0.29, 0.717) is 11.7 Å². The van der Waals surface area contributed by atoms with E-state index >= 15 is 0 Å². The molecule has 0 aliphatic heterocycles. The lowest BCUT2D eigenvalue weighted by Gasteiger charge is -2.19. The van der Waals surface area contributed by atoms with E-state index in [1.165, 1.54) is 19.3 Å². The topological polar surface area (TPSA) is 17.1 Å². The van der Waals surface area contributed by atoms with Crippen LogP contribution >= 0.6 is 0 Å². The second-order valence-corrected chi connectivity index (χ2v) is 3.15. The molecule has 1 nitrogen and oxygen atoms in total. The minimum absolute atomic E-state index is 0.429. The van der Waals surface area contributed by atoms with Crippen LogP contribution < -0.4 is 0 Å². The first-order chi connectivity index (χ1) is 4.84. The molecule has 1 rings (SSSR count). The van der Waals surface area contributed by atoms with Crippen LogP contribution in [0.1, 0.15) is 45.4 Å². The SMILES string of the molecule is CCC(=O)C1CCCCC1. The quantitative estimate of drug-likeness (QED) is 0.576. The van der Waals surface area contributed by atoms with E-state index < -0.39 is 0 Å². The van der Waals surface area contributed by atoms with Crippen LogP contribution in [0.3, 0.4) is 0 Å². The molecule has 0 unspecified atom stereocenters. The maximum atomic E-state index is 11.2. The number of hydrogen-bond donors (Lipinski definition) is 0. The van der Waals surface area contributed by atoms with Gasteiger partial charge in [-0.1, -0.05) is 26.2 Å². The van der Waals surface area contributed by atoms with Crippen molar-refractivity contribution in [3.63, 3.8) is 0 Å². The van der Waals surface area contributed by atoms with Gasteiger partial charge in [0.2, 0.25) is 0 Å². The van der Waals surface area contributed by atoms with Crippen molar-refractivity contribution in [1.29, 1.82) is 0 Å². The Morgan fingerprint density at radius 3 is 2.40 bits per heavy atom. The number of carbonyl (C=O) groups excluding carboxylic acids is 1. The standard InChI is InChI=1S/C9H16O/c1-2-9(10)8-6-4-3-5-7-8/h8H,2-7H2,1H3. The summed E-state index contributed by atoms with van der Waals surface area (Å²) in [7, 11) is 0. The fourth-order valence-corrected chi connectivity index (χ4v) is 1.71. The number of ketones is 1. The van der Waals surface area contributed by atoms with E-state index in [2.05, 4.69) is 0 Å². The van der Waals surface area contributed by atoms with Gasteiger partial charge in [-0.15, -0.1) is 0 Å². The third kappa shape index (κ3) is 1.83. The monoisotopic (exact) mass is 140 g/mol. The summed E-state index contributed by atoms with van der Waals surface area (Å²) in [5.41, 5.74) is 0. The maximum absolute atomic E-state index is 11.2. The van der Waals surface area contributed by atoms with Crippen molar-refractivity contribution in [2.45, 2.75) is 45.4 Å². The summed E-state index contributed by atoms with van der Waals surface area (Å²) in [6.45, 7) is 1.97. The van der Waals surface area contributed by atoms with Gasteiger partial charge in [-0.3, -0.25) is 4.79 Å². The Bertz CT molecular complexity index is 112. The zero-order valence-corrected chi connectivity index (χ0v) is 6.73. The molecule has 1 fully saturated rings. The van der Waals surface area contributed by atoms with Crippen LogP contribution in [0.4, 0.5) is 0 Å². The molecule has 1 aliphatic rings. The smallest absolute Gasteiger partial charge is 0.135 e. The molecular formula is C9H16O. The number of hydrogen-bond acceptors (Lipinski definition) is 1. The summed E-state index contributed by atoms with van der Waals surface area (Å²) in [4.78, 5) is 11.2. The van der Waals surface area contributed by atoms with Gasteiger partial charge < -0.3 is 0 Å². The first-order valence-corrected chi connectivity index (χ1v) is 4.37. The van der Waals surface area contributed by atoms with Crippen molar-refractivity contribution in [3.05, 3.63) is 0 Å². The number of carbonyl (C=O) groups is 1. The van der Waals surface area contributed by atoms with Gasteiger partial charge in [0.15, 0.2) is 0 Å². The number of Topliss-reactive ketones (excluding diaryl/α,β-unsaturated/α-hetero) is 1. The summed E-state index contributed by atoms with van der Waals surface area (Å²) in [5, 5.41) is 0. The van der Waals surface area contributed by atoms with Crippen molar-refractivity contribution >= 4 is 5.78 Å². The first kappa shape index (κ1) is 7.77. The summed E-state index contributed by atoms with van der Waals surface area (Å²) in [6.07, 6.45) is 6.95. The Morgan fingerprint density at radius 1 is 1.30 bits per heavy atom. The molecule has 0 bridgehead atoms.